The molecule has 0 unspecified atom stereocenters. The molecule has 0 saturated heterocycles. The average Bonchev–Trinajstić information content (AvgIpc) is 2.05. The molecule has 0 aliphatic carbocycles. The van der Waals surface area contributed by atoms with E-state index in [1.807, 2.05) is 18.2 Å². The van der Waals surface area contributed by atoms with Crippen molar-refractivity contribution in [3.05, 3.63) is 35.9 Å². The van der Waals surface area contributed by atoms with E-state index < -0.39 is 0 Å². The van der Waals surface area contributed by atoms with Crippen LogP contribution in [0.15, 0.2) is 34.7 Å². The monoisotopic (exact) mass is 360 g/mol. The van der Waals surface area contributed by atoms with Crippen LogP contribution in [-0.4, -0.2) is 33.1 Å². The van der Waals surface area contributed by atoms with Gasteiger partial charge in [0.05, 0.1) is 0 Å². The summed E-state index contributed by atoms with van der Waals surface area (Å²) in [7, 11) is 0. The fourth-order valence-corrected chi connectivity index (χ4v) is 0.754. The number of amidine groups is 1. The summed E-state index contributed by atoms with van der Waals surface area (Å²) < 4.78 is 3.33. The predicted molar refractivity (Wildman–Crippen MR) is 51.6 cm³/mol. The van der Waals surface area contributed by atoms with Gasteiger partial charge in [-0.15, -0.1) is 0 Å². The van der Waals surface area contributed by atoms with Crippen LogP contribution in [0.25, 0.3) is 0 Å². The van der Waals surface area contributed by atoms with Crippen molar-refractivity contribution in [1.82, 2.24) is 0 Å². The Morgan fingerprint density at radius 3 is 2.27 bits per heavy atom. The minimum absolute atomic E-state index is 0. The van der Waals surface area contributed by atoms with Crippen LogP contribution in [-0.2, 0) is 12.4 Å². The van der Waals surface area contributed by atoms with Gasteiger partial charge < -0.3 is 0 Å². The molecule has 0 heterocycles. The van der Waals surface area contributed by atoms with Gasteiger partial charge in [-0.3, -0.25) is 5.41 Å². The molecule has 0 saturated carbocycles. The van der Waals surface area contributed by atoms with Crippen molar-refractivity contribution < 1.29 is 0 Å². The molecule has 11 heavy (non-hydrogen) atoms. The van der Waals surface area contributed by atoms with Gasteiger partial charge in [-0.2, -0.15) is 4.36 Å². The molecule has 1 aromatic rings. The molecule has 2 nitrogen and oxygen atoms in total. The van der Waals surface area contributed by atoms with Gasteiger partial charge in [-0.05, 0) is 0 Å². The van der Waals surface area contributed by atoms with E-state index in [2.05, 4.69) is 16.8 Å². The Labute approximate surface area is 90.9 Å². The van der Waals surface area contributed by atoms with Crippen molar-refractivity contribution >= 4 is 45.6 Å². The van der Waals surface area contributed by atoms with E-state index >= 15 is 0 Å². The summed E-state index contributed by atoms with van der Waals surface area (Å²) in [6.07, 6.45) is 0. The molecule has 1 rings (SSSR count). The molecule has 0 fully saturated rings. The molecule has 0 amide bonds. The van der Waals surface area contributed by atoms with Crippen molar-refractivity contribution in [1.29, 1.82) is 5.41 Å². The zero-order chi connectivity index (χ0) is 7.40. The average molecular weight is 359 g/mol. The summed E-state index contributed by atoms with van der Waals surface area (Å²) in [4.78, 5) is 0. The Balaban J connectivity index is 0.000001000. The molecule has 4 heteroatoms. The molecule has 0 aromatic heterocycles. The summed E-state index contributed by atoms with van der Waals surface area (Å²) in [5.41, 5.74) is 0.762. The number of nitrogens with zero attached hydrogens (tertiary/aromatic N) is 1. The van der Waals surface area contributed by atoms with Crippen molar-refractivity contribution in [2.24, 2.45) is 4.36 Å². The van der Waals surface area contributed by atoms with E-state index in [0.29, 0.717) is 0 Å². The van der Waals surface area contributed by atoms with Crippen LogP contribution in [0.3, 0.4) is 0 Å². The van der Waals surface area contributed by atoms with Crippen LogP contribution in [0.4, 0.5) is 0 Å². The van der Waals surface area contributed by atoms with E-state index in [9.17, 15) is 0 Å². The zero-order valence-corrected chi connectivity index (χ0v) is 12.3. The van der Waals surface area contributed by atoms with Crippen LogP contribution < -0.4 is 0 Å². The first-order valence-electron chi connectivity index (χ1n) is 2.82. The molecule has 2 radical (unpaired) electrons. The third-order valence-corrected chi connectivity index (χ3v) is 1.32. The molecule has 1 aromatic carbocycles. The van der Waals surface area contributed by atoms with E-state index in [0.717, 1.165) is 5.56 Å². The van der Waals surface area contributed by atoms with Crippen LogP contribution in [0, 0.1) is 5.41 Å². The standard InChI is InChI=1S/C7H6N2S.Pb.2H/c8-7(9-10)6-4-2-1-3-5-6;;;/h1-5,8H;;;. The van der Waals surface area contributed by atoms with Gasteiger partial charge in [0.15, 0.2) is 5.84 Å². The SMILES string of the molecule is N=C(N=S)c1ccccc1.[PbH2]. The quantitative estimate of drug-likeness (QED) is 0.450. The first kappa shape index (κ1) is 10.8. The number of benzene rings is 1. The second kappa shape index (κ2) is 5.48. The Hall–Kier alpha value is -0.168. The Bertz CT molecular complexity index is 248. The van der Waals surface area contributed by atoms with Gasteiger partial charge in [0.25, 0.3) is 0 Å². The summed E-state index contributed by atoms with van der Waals surface area (Å²) in [5, 5.41) is 7.21. The molecule has 0 aliphatic rings. The third-order valence-electron chi connectivity index (χ3n) is 1.14. The fraction of sp³-hybridized carbons (Fsp3) is 0. The number of rotatable bonds is 1. The minimum atomic E-state index is 0. The van der Waals surface area contributed by atoms with Crippen LogP contribution in [0.2, 0.25) is 0 Å². The molecule has 0 aliphatic heterocycles. The van der Waals surface area contributed by atoms with Crippen molar-refractivity contribution in [2.45, 2.75) is 0 Å². The summed E-state index contributed by atoms with van der Waals surface area (Å²) in [6.45, 7) is 0. The molecule has 0 spiro atoms. The van der Waals surface area contributed by atoms with E-state index in [1.165, 1.54) is 0 Å². The summed E-state index contributed by atoms with van der Waals surface area (Å²) in [6, 6.07) is 9.20. The zero-order valence-electron chi connectivity index (χ0n) is 5.95. The van der Waals surface area contributed by atoms with Crippen LogP contribution in [0.1, 0.15) is 5.56 Å². The first-order chi connectivity index (χ1) is 4.84. The number of hydrogen-bond acceptors (Lipinski definition) is 2. The Morgan fingerprint density at radius 1 is 1.27 bits per heavy atom. The van der Waals surface area contributed by atoms with Gasteiger partial charge in [-0.25, -0.2) is 0 Å². The molecule has 0 atom stereocenters. The maximum absolute atomic E-state index is 7.21. The van der Waals surface area contributed by atoms with E-state index in [4.69, 9.17) is 5.41 Å². The van der Waals surface area contributed by atoms with E-state index in [-0.39, 0.29) is 33.1 Å². The van der Waals surface area contributed by atoms with Crippen molar-refractivity contribution in [2.75, 3.05) is 0 Å². The number of hydrogen-bond donors (Lipinski definition) is 1. The van der Waals surface area contributed by atoms with Crippen LogP contribution >= 0.6 is 0 Å². The predicted octanol–water partition coefficient (Wildman–Crippen LogP) is 0.826. The first-order valence-corrected chi connectivity index (χ1v) is 3.18. The number of nitrogens with one attached hydrogen (secondary N) is 1. The second-order valence-electron chi connectivity index (χ2n) is 1.81. The Morgan fingerprint density at radius 2 is 1.82 bits per heavy atom. The second-order valence-corrected chi connectivity index (χ2v) is 1.99. The molecular weight excluding hydrogens is 351 g/mol. The van der Waals surface area contributed by atoms with Crippen molar-refractivity contribution in [3.63, 3.8) is 0 Å². The maximum atomic E-state index is 7.21. The van der Waals surface area contributed by atoms with Gasteiger partial charge >= 0.3 is 27.3 Å². The third kappa shape index (κ3) is 3.15. The van der Waals surface area contributed by atoms with Crippen LogP contribution in [0.5, 0.6) is 0 Å². The van der Waals surface area contributed by atoms with Gasteiger partial charge in [0, 0.05) is 18.0 Å². The molecule has 56 valence electrons. The topological polar surface area (TPSA) is 36.2 Å². The van der Waals surface area contributed by atoms with Gasteiger partial charge in [0.2, 0.25) is 0 Å². The van der Waals surface area contributed by atoms with Gasteiger partial charge in [-0.1, -0.05) is 30.3 Å². The molecule has 0 bridgehead atoms. The normalized spacial score (nSPS) is 8.00. The fourth-order valence-electron chi connectivity index (χ4n) is 0.649. The van der Waals surface area contributed by atoms with E-state index in [1.54, 1.807) is 12.1 Å². The molecular formula is C7H8N2PbS. The Kier molecular flexibility index (Phi) is 5.39. The molecule has 1 N–H and O–H groups in total. The van der Waals surface area contributed by atoms with Crippen molar-refractivity contribution in [3.8, 4) is 0 Å². The van der Waals surface area contributed by atoms with Gasteiger partial charge in [0.1, 0.15) is 0 Å². The summed E-state index contributed by atoms with van der Waals surface area (Å²) in [5.74, 6) is 0.149. The summed E-state index contributed by atoms with van der Waals surface area (Å²) >= 11 is 4.36.